The van der Waals surface area contributed by atoms with E-state index in [1.54, 1.807) is 0 Å². The lowest BCUT2D eigenvalue weighted by molar-refractivity contribution is -0.199. The molecule has 3 saturated carbocycles. The molecule has 258 valence electrons. The largest absolute Gasteiger partial charge is 0.481 e. The van der Waals surface area contributed by atoms with Crippen molar-refractivity contribution in [2.75, 3.05) is 5.32 Å². The summed E-state index contributed by atoms with van der Waals surface area (Å²) in [5.41, 5.74) is 1.39. The third-order valence-electron chi connectivity index (χ3n) is 11.9. The number of anilines is 1. The van der Waals surface area contributed by atoms with Gasteiger partial charge in [0.25, 0.3) is 5.56 Å². The summed E-state index contributed by atoms with van der Waals surface area (Å²) in [7, 11) is -0.566. The van der Waals surface area contributed by atoms with Gasteiger partial charge in [-0.25, -0.2) is 9.78 Å². The first kappa shape index (κ1) is 33.5. The second kappa shape index (κ2) is 13.4. The van der Waals surface area contributed by atoms with Gasteiger partial charge in [0, 0.05) is 5.92 Å². The fourth-order valence-electron chi connectivity index (χ4n) is 8.90. The molecular weight excluding hydrogens is 619 g/mol. The maximum absolute atomic E-state index is 14.2. The molecule has 2 aliphatic heterocycles. The molecule has 1 aromatic heterocycles. The lowest BCUT2D eigenvalue weighted by atomic mass is 9.43. The Morgan fingerprint density at radius 1 is 1.04 bits per heavy atom. The molecule has 3 aliphatic carbocycles. The molecule has 2 aromatic carbocycles. The van der Waals surface area contributed by atoms with Crippen LogP contribution in [0.3, 0.4) is 0 Å². The molecule has 2 N–H and O–H groups in total. The van der Waals surface area contributed by atoms with Crippen LogP contribution in [0.1, 0.15) is 95.1 Å². The van der Waals surface area contributed by atoms with Crippen LogP contribution in [0.5, 0.6) is 0 Å². The molecule has 3 heterocycles. The minimum absolute atomic E-state index is 0.00327. The van der Waals surface area contributed by atoms with Gasteiger partial charge in [-0.2, -0.15) is 0 Å². The lowest BCUT2D eigenvalue weighted by Crippen LogP contribution is -2.65. The van der Waals surface area contributed by atoms with Crippen molar-refractivity contribution in [1.29, 1.82) is 0 Å². The molecule has 2 amide bonds. The van der Waals surface area contributed by atoms with E-state index in [0.717, 1.165) is 37.7 Å². The SMILES string of the molecule is CC[C@H](NC(=O)[C@@H]1CC(CCCc2ccccc2)c2ncc(NC(=O)OCc3ccccc3)c(=O)n21)B1O[C@@H]2C[C@@H]3C[C@@H](C3(C)C)[C@]2(C)O1. The molecule has 1 unspecified atom stereocenters. The number of ether oxygens (including phenoxy) is 1. The standard InChI is InChI=1S/C38H47BN4O6/c1-5-32(39-48-31-21-27-20-30(37(27,2)3)38(31,4)49-39)42-34(44)29-19-26(18-12-17-24-13-8-6-9-14-24)33-40-22-28(35(45)43(29)33)41-36(46)47-23-25-15-10-7-11-16-25/h6-11,13-16,22,26-27,29-32H,5,12,17-21,23H2,1-4H3,(H,41,46)(H,42,44)/t26?,27-,29-,30-,31+,32-,38-/m0/s1. The Morgan fingerprint density at radius 3 is 2.45 bits per heavy atom. The van der Waals surface area contributed by atoms with Gasteiger partial charge in [0.1, 0.15) is 24.2 Å². The van der Waals surface area contributed by atoms with Gasteiger partial charge >= 0.3 is 13.2 Å². The van der Waals surface area contributed by atoms with Gasteiger partial charge < -0.3 is 19.4 Å². The summed E-state index contributed by atoms with van der Waals surface area (Å²) in [5, 5.41) is 5.77. The highest BCUT2D eigenvalue weighted by atomic mass is 16.7. The van der Waals surface area contributed by atoms with Crippen LogP contribution in [0.15, 0.2) is 71.7 Å². The average Bonchev–Trinajstić information content (AvgIpc) is 3.66. The van der Waals surface area contributed by atoms with Crippen molar-refractivity contribution in [3.63, 3.8) is 0 Å². The molecule has 49 heavy (non-hydrogen) atoms. The smallest absolute Gasteiger partial charge is 0.444 e. The Morgan fingerprint density at radius 2 is 1.76 bits per heavy atom. The molecule has 2 bridgehead atoms. The van der Waals surface area contributed by atoms with Crippen molar-refractivity contribution in [3.05, 3.63) is 94.2 Å². The van der Waals surface area contributed by atoms with E-state index in [9.17, 15) is 14.4 Å². The predicted molar refractivity (Wildman–Crippen MR) is 187 cm³/mol. The maximum atomic E-state index is 14.2. The van der Waals surface area contributed by atoms with E-state index in [2.05, 4.69) is 48.5 Å². The number of benzene rings is 2. The maximum Gasteiger partial charge on any atom is 0.481 e. The zero-order valence-corrected chi connectivity index (χ0v) is 28.9. The van der Waals surface area contributed by atoms with Crippen molar-refractivity contribution < 1.29 is 23.6 Å². The predicted octanol–water partition coefficient (Wildman–Crippen LogP) is 6.21. The second-order valence-corrected chi connectivity index (χ2v) is 15.1. The molecule has 1 saturated heterocycles. The third kappa shape index (κ3) is 6.31. The van der Waals surface area contributed by atoms with E-state index < -0.39 is 24.8 Å². The number of nitrogens with zero attached hydrogens (tertiary/aromatic N) is 2. The average molecular weight is 667 g/mol. The number of amides is 2. The van der Waals surface area contributed by atoms with Gasteiger partial charge in [-0.3, -0.25) is 19.5 Å². The number of rotatable bonds is 11. The van der Waals surface area contributed by atoms with Crippen LogP contribution in [0, 0.1) is 17.3 Å². The molecule has 11 heteroatoms. The number of nitrogens with one attached hydrogen (secondary N) is 2. The van der Waals surface area contributed by atoms with Crippen LogP contribution >= 0.6 is 0 Å². The van der Waals surface area contributed by atoms with Gasteiger partial charge in [-0.1, -0.05) is 81.4 Å². The minimum Gasteiger partial charge on any atom is -0.444 e. The van der Waals surface area contributed by atoms with E-state index in [-0.39, 0.29) is 47.2 Å². The van der Waals surface area contributed by atoms with Crippen LogP contribution in [0.2, 0.25) is 0 Å². The van der Waals surface area contributed by atoms with Gasteiger partial charge in [0.05, 0.1) is 23.8 Å². The normalized spacial score (nSPS) is 28.2. The Kier molecular flexibility index (Phi) is 9.17. The van der Waals surface area contributed by atoms with E-state index >= 15 is 0 Å². The Labute approximate surface area is 288 Å². The number of hydrogen-bond acceptors (Lipinski definition) is 7. The van der Waals surface area contributed by atoms with Crippen LogP contribution in [-0.4, -0.2) is 46.3 Å². The topological polar surface area (TPSA) is 121 Å². The fraction of sp³-hybridized carbons (Fsp3) is 0.526. The first-order chi connectivity index (χ1) is 23.6. The quantitative estimate of drug-likeness (QED) is 0.234. The van der Waals surface area contributed by atoms with E-state index in [4.69, 9.17) is 14.0 Å². The number of aryl methyl sites for hydroxylation is 1. The highest BCUT2D eigenvalue weighted by Crippen LogP contribution is 2.65. The molecular formula is C38H47BN4O6. The molecule has 0 spiro atoms. The molecule has 4 fully saturated rings. The summed E-state index contributed by atoms with van der Waals surface area (Å²) in [6.45, 7) is 8.90. The molecule has 8 rings (SSSR count). The Balaban J connectivity index is 1.08. The first-order valence-electron chi connectivity index (χ1n) is 17.8. The highest BCUT2D eigenvalue weighted by Gasteiger charge is 2.68. The molecule has 7 atom stereocenters. The number of aromatic nitrogens is 2. The summed E-state index contributed by atoms with van der Waals surface area (Å²) in [6, 6.07) is 18.8. The zero-order chi connectivity index (χ0) is 34.3. The van der Waals surface area contributed by atoms with Gasteiger partial charge in [0.2, 0.25) is 5.91 Å². The number of carbonyl (C=O) groups excluding carboxylic acids is 2. The summed E-state index contributed by atoms with van der Waals surface area (Å²) in [5.74, 6) is 0.843. The summed E-state index contributed by atoms with van der Waals surface area (Å²) in [6.07, 6.45) is 6.31. The van der Waals surface area contributed by atoms with Gasteiger partial charge in [-0.05, 0) is 80.2 Å². The fourth-order valence-corrected chi connectivity index (χ4v) is 8.90. The summed E-state index contributed by atoms with van der Waals surface area (Å²) >= 11 is 0. The van der Waals surface area contributed by atoms with Gasteiger partial charge in [-0.15, -0.1) is 0 Å². The number of hydrogen-bond donors (Lipinski definition) is 2. The number of carbonyl (C=O) groups is 2. The van der Waals surface area contributed by atoms with Crippen molar-refractivity contribution in [2.45, 2.75) is 109 Å². The molecule has 10 nitrogen and oxygen atoms in total. The van der Waals surface area contributed by atoms with Crippen LogP contribution in [0.25, 0.3) is 0 Å². The van der Waals surface area contributed by atoms with Crippen LogP contribution in [-0.2, 0) is 31.9 Å². The van der Waals surface area contributed by atoms with Crippen LogP contribution < -0.4 is 16.2 Å². The Hall–Kier alpha value is -3.96. The third-order valence-corrected chi connectivity index (χ3v) is 11.9. The lowest BCUT2D eigenvalue weighted by Gasteiger charge is -2.64. The zero-order valence-electron chi connectivity index (χ0n) is 28.9. The molecule has 0 radical (unpaired) electrons. The first-order valence-corrected chi connectivity index (χ1v) is 17.8. The van der Waals surface area contributed by atoms with Crippen LogP contribution in [0.4, 0.5) is 10.5 Å². The summed E-state index contributed by atoms with van der Waals surface area (Å²) in [4.78, 5) is 45.5. The highest BCUT2D eigenvalue weighted by molar-refractivity contribution is 6.47. The van der Waals surface area contributed by atoms with E-state index in [1.165, 1.54) is 16.3 Å². The minimum atomic E-state index is -0.793. The van der Waals surface area contributed by atoms with Crippen molar-refractivity contribution >= 4 is 24.8 Å². The monoisotopic (exact) mass is 666 g/mol. The van der Waals surface area contributed by atoms with Gasteiger partial charge in [0.15, 0.2) is 0 Å². The molecule has 5 aliphatic rings. The van der Waals surface area contributed by atoms with E-state index in [0.29, 0.717) is 30.5 Å². The summed E-state index contributed by atoms with van der Waals surface area (Å²) < 4.78 is 20.1. The number of fused-ring (bicyclic) bond motifs is 1. The van der Waals surface area contributed by atoms with Crippen molar-refractivity contribution in [1.82, 2.24) is 14.9 Å². The van der Waals surface area contributed by atoms with Crippen molar-refractivity contribution in [3.8, 4) is 0 Å². The molecule has 3 aromatic rings. The Bertz CT molecular complexity index is 1730. The van der Waals surface area contributed by atoms with E-state index in [1.807, 2.05) is 55.5 Å². The second-order valence-electron chi connectivity index (χ2n) is 15.1. The van der Waals surface area contributed by atoms with Crippen molar-refractivity contribution in [2.24, 2.45) is 17.3 Å².